The van der Waals surface area contributed by atoms with E-state index >= 15 is 0 Å². The normalized spacial score (nSPS) is 12.9. The second-order valence-corrected chi connectivity index (χ2v) is 21.0. The Bertz CT molecular complexity index is 3880. The summed E-state index contributed by atoms with van der Waals surface area (Å²) in [5.74, 6) is -1.05. The molecule has 89 heavy (non-hydrogen) atoms. The number of aryl methyl sites for hydroxylation is 1. The molecule has 9 aromatic rings. The number of hydrogen-bond donors (Lipinski definition) is 1. The van der Waals surface area contributed by atoms with Gasteiger partial charge < -0.3 is 14.7 Å². The Balaban J connectivity index is 0.000000162. The Morgan fingerprint density at radius 2 is 0.809 bits per heavy atom. The number of aromatic amines is 1. The van der Waals surface area contributed by atoms with Crippen molar-refractivity contribution < 1.29 is 17.6 Å². The Hall–Kier alpha value is -10.2. The smallest absolute Gasteiger partial charge is 0.255 e. The summed E-state index contributed by atoms with van der Waals surface area (Å²) in [5.41, 5.74) is 15.1. The summed E-state index contributed by atoms with van der Waals surface area (Å²) >= 11 is 5.92. The first kappa shape index (κ1) is 66.3. The summed E-state index contributed by atoms with van der Waals surface area (Å²) in [6.45, 7) is 22.8. The minimum atomic E-state index is -0.278. The van der Waals surface area contributed by atoms with Gasteiger partial charge in [0.05, 0.1) is 6.20 Å². The molecule has 7 aromatic carbocycles. The van der Waals surface area contributed by atoms with Crippen LogP contribution < -0.4 is 20.3 Å². The van der Waals surface area contributed by atoms with Crippen LogP contribution in [0.1, 0.15) is 75.6 Å². The molecular weight excluding hydrogens is 1140 g/mol. The average molecular weight is 1210 g/mol. The predicted molar refractivity (Wildman–Crippen MR) is 365 cm³/mol. The highest BCUT2D eigenvalue weighted by Crippen LogP contribution is 2.32. The number of para-hydroxylation sites is 1. The molecule has 3 aliphatic rings. The maximum atomic E-state index is 13.0. The first-order valence-electron chi connectivity index (χ1n) is 29.3. The molecule has 0 radical (unpaired) electrons. The van der Waals surface area contributed by atoms with Crippen LogP contribution in [0.15, 0.2) is 303 Å². The van der Waals surface area contributed by atoms with Crippen molar-refractivity contribution in [3.63, 3.8) is 0 Å². The number of H-pyrrole nitrogens is 1. The first-order chi connectivity index (χ1) is 43.1. The summed E-state index contributed by atoms with van der Waals surface area (Å²) in [5, 5.41) is 7.49. The van der Waals surface area contributed by atoms with Gasteiger partial charge >= 0.3 is 0 Å². The number of halogens is 5. The van der Waals surface area contributed by atoms with Crippen LogP contribution in [0.5, 0.6) is 0 Å². The van der Waals surface area contributed by atoms with Crippen molar-refractivity contribution in [3.8, 4) is 16.8 Å². The van der Waals surface area contributed by atoms with Gasteiger partial charge in [-0.25, -0.2) is 17.6 Å². The zero-order valence-corrected chi connectivity index (χ0v) is 51.6. The van der Waals surface area contributed by atoms with E-state index in [9.17, 15) is 22.4 Å². The number of aromatic nitrogens is 3. The molecule has 3 aliphatic heterocycles. The first-order valence-corrected chi connectivity index (χ1v) is 29.7. The number of benzene rings is 7. The van der Waals surface area contributed by atoms with Crippen LogP contribution in [0.2, 0.25) is 5.02 Å². The summed E-state index contributed by atoms with van der Waals surface area (Å²) in [4.78, 5) is 18.0. The Morgan fingerprint density at radius 3 is 1.22 bits per heavy atom. The summed E-state index contributed by atoms with van der Waals surface area (Å²) in [7, 11) is 0. The number of anilines is 3. The maximum absolute atomic E-state index is 13.0. The number of pyridine rings is 1. The van der Waals surface area contributed by atoms with E-state index < -0.39 is 0 Å². The van der Waals surface area contributed by atoms with Gasteiger partial charge in [0.1, 0.15) is 23.3 Å². The second-order valence-electron chi connectivity index (χ2n) is 20.6. The molecule has 0 unspecified atom stereocenters. The third kappa shape index (κ3) is 19.6. The standard InChI is InChI=1S/C18H13ClFN.C18H13F2N.C18H14FNO.C15H13N3.2C4H10/c1-13-2-3-15(14-4-8-17(20)9-5-14)12-21(13)18-10-6-16(19)7-11-18;1-13-2-3-15(14-4-6-16(19)7-5-14)12-21(13)18-10-8-17(20)9-11-18;1-13-3-2-4-17(11-13)20-12-15(7-10-18(20)21)14-5-8-16(19)9-6-14;1-12-7-8-13(14-9-16-17-10-14)11-18(12)15-5-3-2-4-6-15;2*1-3-4-2/h2*2-12H,1H2;2-12H,1H3;2-11H,1H2,(H,16,17);2*3-4H2,1-2H3. The SMILES string of the molecule is C=C1C=CC(c2ccc(F)cc2)=CN1c1ccc(Cl)cc1.C=C1C=CC(c2ccc(F)cc2)=CN1c1ccc(F)cc1.C=C1C=CC(c2cn[nH]c2)=CN1c1ccccc1.CCCC.CCCC.Cc1cccc(-n2cc(-c3ccc(F)cc3)ccc2=O)c1. The van der Waals surface area contributed by atoms with E-state index in [1.807, 2.05) is 145 Å². The van der Waals surface area contributed by atoms with Crippen molar-refractivity contribution in [2.24, 2.45) is 0 Å². The fourth-order valence-electron chi connectivity index (χ4n) is 8.59. The monoisotopic (exact) mass is 1210 g/mol. The van der Waals surface area contributed by atoms with Crippen LogP contribution >= 0.6 is 11.6 Å². The van der Waals surface area contributed by atoms with Gasteiger partial charge in [0.25, 0.3) is 5.56 Å². The number of hydrogen-bond acceptors (Lipinski definition) is 5. The number of nitrogens with one attached hydrogen (secondary N) is 1. The molecule has 7 nitrogen and oxygen atoms in total. The summed E-state index contributed by atoms with van der Waals surface area (Å²) < 4.78 is 53.6. The predicted octanol–water partition coefficient (Wildman–Crippen LogP) is 21.2. The maximum Gasteiger partial charge on any atom is 0.255 e. The van der Waals surface area contributed by atoms with Crippen molar-refractivity contribution in [2.75, 3.05) is 14.7 Å². The lowest BCUT2D eigenvalue weighted by atomic mass is 10.0. The van der Waals surface area contributed by atoms with Crippen molar-refractivity contribution in [3.05, 3.63) is 359 Å². The summed E-state index contributed by atoms with van der Waals surface area (Å²) in [6.07, 6.45) is 28.5. The number of rotatable bonds is 10. The highest BCUT2D eigenvalue weighted by atomic mass is 35.5. The van der Waals surface area contributed by atoms with E-state index in [1.54, 1.807) is 65.4 Å². The number of unbranched alkanes of at least 4 members (excludes halogenated alkanes) is 2. The van der Waals surface area contributed by atoms with E-state index in [2.05, 4.69) is 80.9 Å². The molecule has 0 fully saturated rings. The molecule has 0 saturated carbocycles. The van der Waals surface area contributed by atoms with Crippen molar-refractivity contribution in [1.29, 1.82) is 0 Å². The molecule has 452 valence electrons. The second kappa shape index (κ2) is 33.6. The Kier molecular flexibility index (Phi) is 25.0. The molecule has 0 amide bonds. The molecule has 2 aromatic heterocycles. The molecule has 0 bridgehead atoms. The number of allylic oxidation sites excluding steroid dienone is 9. The van der Waals surface area contributed by atoms with E-state index in [-0.39, 0.29) is 28.8 Å². The molecule has 0 aliphatic carbocycles. The lowest BCUT2D eigenvalue weighted by Gasteiger charge is -2.25. The minimum Gasteiger partial charge on any atom is -0.317 e. The van der Waals surface area contributed by atoms with Crippen LogP contribution in [-0.2, 0) is 0 Å². The van der Waals surface area contributed by atoms with Crippen molar-refractivity contribution >= 4 is 45.4 Å². The fraction of sp³-hybridized carbons (Fsp3) is 0.117. The Morgan fingerprint density at radius 1 is 0.427 bits per heavy atom. The molecule has 5 heterocycles. The lowest BCUT2D eigenvalue weighted by molar-refractivity contribution is 0.627. The molecule has 0 spiro atoms. The van der Waals surface area contributed by atoms with Crippen LogP contribution in [0, 0.1) is 30.2 Å². The minimum absolute atomic E-state index is 0.0912. The molecule has 0 saturated heterocycles. The van der Waals surface area contributed by atoms with Crippen LogP contribution in [0.3, 0.4) is 0 Å². The van der Waals surface area contributed by atoms with Gasteiger partial charge in [-0.1, -0.05) is 170 Å². The highest BCUT2D eigenvalue weighted by Gasteiger charge is 2.16. The molecule has 12 heteroatoms. The summed E-state index contributed by atoms with van der Waals surface area (Å²) in [6, 6.07) is 53.9. The zero-order chi connectivity index (χ0) is 63.7. The zero-order valence-electron chi connectivity index (χ0n) is 50.8. The van der Waals surface area contributed by atoms with Gasteiger partial charge in [-0.15, -0.1) is 0 Å². The molecular formula is C77H73ClF4N6O. The van der Waals surface area contributed by atoms with Gasteiger partial charge in [-0.05, 0) is 179 Å². The van der Waals surface area contributed by atoms with E-state index in [0.29, 0.717) is 5.02 Å². The van der Waals surface area contributed by atoms with Gasteiger partial charge in [0.2, 0.25) is 0 Å². The third-order valence-corrected chi connectivity index (χ3v) is 14.1. The third-order valence-electron chi connectivity index (χ3n) is 13.9. The fourth-order valence-corrected chi connectivity index (χ4v) is 8.72. The van der Waals surface area contributed by atoms with Gasteiger partial charge in [0, 0.05) is 93.1 Å². The van der Waals surface area contributed by atoms with E-state index in [4.69, 9.17) is 11.6 Å². The molecule has 1 N–H and O–H groups in total. The molecule has 12 rings (SSSR count). The van der Waals surface area contributed by atoms with Gasteiger partial charge in [-0.2, -0.15) is 5.10 Å². The Labute approximate surface area is 526 Å². The average Bonchev–Trinajstić information content (AvgIpc) is 2.73. The largest absolute Gasteiger partial charge is 0.317 e. The van der Waals surface area contributed by atoms with Crippen molar-refractivity contribution in [2.45, 2.75) is 60.3 Å². The molecule has 0 atom stereocenters. The van der Waals surface area contributed by atoms with E-state index in [0.717, 1.165) is 89.9 Å². The van der Waals surface area contributed by atoms with Crippen LogP contribution in [0.4, 0.5) is 34.6 Å². The van der Waals surface area contributed by atoms with Crippen LogP contribution in [0.25, 0.3) is 33.5 Å². The van der Waals surface area contributed by atoms with Gasteiger partial charge in [-0.3, -0.25) is 14.5 Å². The highest BCUT2D eigenvalue weighted by molar-refractivity contribution is 6.30. The number of nitrogens with zero attached hydrogens (tertiary/aromatic N) is 5. The quantitative estimate of drug-likeness (QED) is 0.138. The van der Waals surface area contributed by atoms with Crippen molar-refractivity contribution in [1.82, 2.24) is 14.8 Å². The van der Waals surface area contributed by atoms with Gasteiger partial charge in [0.15, 0.2) is 0 Å². The van der Waals surface area contributed by atoms with E-state index in [1.165, 1.54) is 80.3 Å². The van der Waals surface area contributed by atoms with Crippen LogP contribution in [-0.4, -0.2) is 14.8 Å². The lowest BCUT2D eigenvalue weighted by Crippen LogP contribution is -2.16. The topological polar surface area (TPSA) is 60.4 Å².